The lowest BCUT2D eigenvalue weighted by Crippen LogP contribution is -2.33. The molecule has 1 amide bonds. The second-order valence-corrected chi connectivity index (χ2v) is 11.7. The van der Waals surface area contributed by atoms with Gasteiger partial charge in [0.2, 0.25) is 5.91 Å². The van der Waals surface area contributed by atoms with Crippen LogP contribution in [-0.2, 0) is 29.2 Å². The molecule has 3 heterocycles. The van der Waals surface area contributed by atoms with Gasteiger partial charge in [0.25, 0.3) is 0 Å². The molecule has 2 aliphatic heterocycles. The third-order valence-electron chi connectivity index (χ3n) is 4.46. The smallest absolute Gasteiger partial charge is 0.378 e. The minimum absolute atomic E-state index is 0.0581. The van der Waals surface area contributed by atoms with Gasteiger partial charge >= 0.3 is 11.9 Å². The highest BCUT2D eigenvalue weighted by Gasteiger charge is 2.39. The Morgan fingerprint density at radius 1 is 1.31 bits per heavy atom. The lowest BCUT2D eigenvalue weighted by atomic mass is 10.1. The van der Waals surface area contributed by atoms with E-state index < -0.39 is 21.6 Å². The number of hydrogen-bond donors (Lipinski definition) is 1. The molecule has 1 aromatic rings. The first-order valence-corrected chi connectivity index (χ1v) is 12.6. The minimum Gasteiger partial charge on any atom is -0.384 e. The number of unbranched alkanes of at least 4 members (excludes halogenated alkanes) is 1. The Hall–Kier alpha value is -2.20. The van der Waals surface area contributed by atoms with Gasteiger partial charge < -0.3 is 19.0 Å². The van der Waals surface area contributed by atoms with Crippen molar-refractivity contribution >= 4 is 44.1 Å². The summed E-state index contributed by atoms with van der Waals surface area (Å²) in [7, 11) is -0.878. The fraction of sp³-hybridized carbons (Fsp3) is 0.474. The molecule has 3 rings (SSSR count). The van der Waals surface area contributed by atoms with Crippen LogP contribution in [0.2, 0.25) is 0 Å². The number of aromatic nitrogens is 1. The first-order valence-electron chi connectivity index (χ1n) is 9.43. The highest BCUT2D eigenvalue weighted by atomic mass is 33.2. The normalized spacial score (nSPS) is 23.6. The molecule has 1 unspecified atom stereocenters. The summed E-state index contributed by atoms with van der Waals surface area (Å²) in [5.41, 5.74) is 7.65. The number of nitrogens with two attached hydrogens (primary N) is 1. The Bertz CT molecular complexity index is 832. The zero-order valence-corrected chi connectivity index (χ0v) is 18.1. The van der Waals surface area contributed by atoms with Gasteiger partial charge in [0.05, 0.1) is 11.8 Å². The molecule has 0 bridgehead atoms. The number of amides is 1. The number of aryl methyl sites for hydroxylation is 2. The van der Waals surface area contributed by atoms with Crippen LogP contribution in [0.1, 0.15) is 37.4 Å². The van der Waals surface area contributed by atoms with E-state index in [0.717, 1.165) is 35.9 Å². The number of nitrogens with zero attached hydrogens (tertiary/aromatic N) is 2. The van der Waals surface area contributed by atoms with Crippen molar-refractivity contribution in [2.45, 2.75) is 39.5 Å². The SMILES string of the molecule is CC(=O)N(CCCCc1cc(C)cc(N)n1)C1=CC(=O)OS2(CCCS2)OC1=O. The Kier molecular flexibility index (Phi) is 6.74. The summed E-state index contributed by atoms with van der Waals surface area (Å²) in [4.78, 5) is 42.7. The van der Waals surface area contributed by atoms with Gasteiger partial charge in [-0.2, -0.15) is 0 Å². The molecule has 10 heteroatoms. The largest absolute Gasteiger partial charge is 0.384 e. The molecule has 0 saturated carbocycles. The van der Waals surface area contributed by atoms with Crippen molar-refractivity contribution < 1.29 is 22.7 Å². The van der Waals surface area contributed by atoms with Gasteiger partial charge in [-0.05, 0) is 61.1 Å². The van der Waals surface area contributed by atoms with Crippen LogP contribution in [0.3, 0.4) is 0 Å². The Morgan fingerprint density at radius 3 is 2.76 bits per heavy atom. The molecule has 1 spiro atoms. The zero-order chi connectivity index (χ0) is 21.0. The van der Waals surface area contributed by atoms with Crippen LogP contribution >= 0.6 is 20.4 Å². The quantitative estimate of drug-likeness (QED) is 0.532. The molecule has 29 heavy (non-hydrogen) atoms. The van der Waals surface area contributed by atoms with Crippen LogP contribution < -0.4 is 5.73 Å². The summed E-state index contributed by atoms with van der Waals surface area (Å²) < 4.78 is 11.0. The molecule has 1 atom stereocenters. The van der Waals surface area contributed by atoms with Crippen LogP contribution in [0.15, 0.2) is 23.9 Å². The summed E-state index contributed by atoms with van der Waals surface area (Å²) in [5, 5.41) is 0. The maximum Gasteiger partial charge on any atom is 0.378 e. The molecule has 158 valence electrons. The van der Waals surface area contributed by atoms with Crippen molar-refractivity contribution in [3.05, 3.63) is 35.2 Å². The van der Waals surface area contributed by atoms with E-state index in [0.29, 0.717) is 31.0 Å². The van der Waals surface area contributed by atoms with Crippen molar-refractivity contribution in [3.8, 4) is 0 Å². The van der Waals surface area contributed by atoms with Crippen LogP contribution in [0, 0.1) is 6.92 Å². The van der Waals surface area contributed by atoms with Gasteiger partial charge in [0.1, 0.15) is 11.5 Å². The average Bonchev–Trinajstić information content (AvgIpc) is 3.01. The fourth-order valence-corrected chi connectivity index (χ4v) is 7.94. The van der Waals surface area contributed by atoms with E-state index in [1.165, 1.54) is 22.6 Å². The van der Waals surface area contributed by atoms with E-state index in [4.69, 9.17) is 14.1 Å². The van der Waals surface area contributed by atoms with Crippen LogP contribution in [0.4, 0.5) is 5.82 Å². The standard InChI is InChI=1S/C19H25N3O5S2/c1-13-10-15(21-17(20)11-13)6-3-4-7-22(14(2)23)16-12-18(24)26-29(27-19(16)25)9-5-8-28-29/h10-12H,3-9H2,1-2H3,(H2,20,21). The monoisotopic (exact) mass is 439 g/mol. The van der Waals surface area contributed by atoms with Gasteiger partial charge in [-0.25, -0.2) is 14.6 Å². The number of hydrogen-bond acceptors (Lipinski definition) is 8. The van der Waals surface area contributed by atoms with E-state index >= 15 is 0 Å². The molecular weight excluding hydrogens is 414 g/mol. The third kappa shape index (κ3) is 5.45. The highest BCUT2D eigenvalue weighted by Crippen LogP contribution is 2.67. The summed E-state index contributed by atoms with van der Waals surface area (Å²) in [6, 6.07) is 3.78. The molecule has 1 fully saturated rings. The molecule has 0 aromatic carbocycles. The van der Waals surface area contributed by atoms with Crippen molar-refractivity contribution in [1.29, 1.82) is 0 Å². The van der Waals surface area contributed by atoms with Gasteiger partial charge in [-0.1, -0.05) is 9.62 Å². The third-order valence-corrected chi connectivity index (χ3v) is 9.37. The number of rotatable bonds is 6. The molecule has 0 radical (unpaired) electrons. The second kappa shape index (κ2) is 9.08. The lowest BCUT2D eigenvalue weighted by molar-refractivity contribution is -0.136. The number of anilines is 1. The van der Waals surface area contributed by atoms with E-state index in [9.17, 15) is 14.4 Å². The molecule has 2 N–H and O–H groups in total. The first-order chi connectivity index (χ1) is 13.8. The predicted molar refractivity (Wildman–Crippen MR) is 114 cm³/mol. The van der Waals surface area contributed by atoms with E-state index in [1.54, 1.807) is 0 Å². The summed E-state index contributed by atoms with van der Waals surface area (Å²) in [6.45, 7) is 3.61. The topological polar surface area (TPSA) is 112 Å². The molecule has 8 nitrogen and oxygen atoms in total. The van der Waals surface area contributed by atoms with Gasteiger partial charge in [-0.3, -0.25) is 4.79 Å². The van der Waals surface area contributed by atoms with Crippen molar-refractivity contribution in [2.75, 3.05) is 23.8 Å². The minimum atomic E-state index is -2.25. The molecule has 1 aromatic heterocycles. The van der Waals surface area contributed by atoms with Crippen molar-refractivity contribution in [3.63, 3.8) is 0 Å². The highest BCUT2D eigenvalue weighted by molar-refractivity contribution is 8.90. The van der Waals surface area contributed by atoms with Gasteiger partial charge in [0.15, 0.2) is 0 Å². The zero-order valence-electron chi connectivity index (χ0n) is 16.5. The fourth-order valence-electron chi connectivity index (χ4n) is 3.21. The number of carbonyl (C=O) groups is 3. The first kappa shape index (κ1) is 21.5. The summed E-state index contributed by atoms with van der Waals surface area (Å²) in [6.07, 6.45) is 3.98. The number of carbonyl (C=O) groups excluding carboxylic acids is 3. The average molecular weight is 440 g/mol. The molecular formula is C19H25N3O5S2. The van der Waals surface area contributed by atoms with Crippen LogP contribution in [0.5, 0.6) is 0 Å². The maximum absolute atomic E-state index is 12.7. The maximum atomic E-state index is 12.7. The van der Waals surface area contributed by atoms with E-state index in [1.807, 2.05) is 19.1 Å². The molecule has 0 aliphatic carbocycles. The van der Waals surface area contributed by atoms with E-state index in [-0.39, 0.29) is 11.6 Å². The van der Waals surface area contributed by atoms with Crippen LogP contribution in [-0.4, -0.2) is 45.8 Å². The van der Waals surface area contributed by atoms with Crippen molar-refractivity contribution in [1.82, 2.24) is 9.88 Å². The van der Waals surface area contributed by atoms with Crippen LogP contribution in [0.25, 0.3) is 0 Å². The lowest BCUT2D eigenvalue weighted by Gasteiger charge is -2.34. The number of pyridine rings is 1. The van der Waals surface area contributed by atoms with E-state index in [2.05, 4.69) is 4.98 Å². The second-order valence-electron chi connectivity index (χ2n) is 6.93. The molecule has 2 aliphatic rings. The number of nitrogen functional groups attached to an aromatic ring is 1. The summed E-state index contributed by atoms with van der Waals surface area (Å²) >= 11 is 0. The Morgan fingerprint density at radius 2 is 2.10 bits per heavy atom. The molecule has 1 saturated heterocycles. The Balaban J connectivity index is 1.63. The predicted octanol–water partition coefficient (Wildman–Crippen LogP) is 2.81. The summed E-state index contributed by atoms with van der Waals surface area (Å²) in [5.74, 6) is 0.146. The Labute approximate surface area is 175 Å². The van der Waals surface area contributed by atoms with Gasteiger partial charge in [-0.15, -0.1) is 0 Å². The van der Waals surface area contributed by atoms with Crippen molar-refractivity contribution in [2.24, 2.45) is 0 Å². The van der Waals surface area contributed by atoms with Gasteiger partial charge in [0, 0.05) is 24.9 Å².